The Morgan fingerprint density at radius 3 is 0.724 bits per heavy atom. The van der Waals surface area contributed by atoms with Crippen molar-refractivity contribution in [2.45, 2.75) is 167 Å². The van der Waals surface area contributed by atoms with Gasteiger partial charge >= 0.3 is 0 Å². The molecule has 76 heavy (non-hydrogen) atoms. The summed E-state index contributed by atoms with van der Waals surface area (Å²) in [6.45, 7) is 7.90. The number of anilines is 6. The minimum atomic E-state index is -2.18. The van der Waals surface area contributed by atoms with Crippen LogP contribution in [0.4, 0.5) is 69.2 Å². The van der Waals surface area contributed by atoms with Crippen molar-refractivity contribution in [3.63, 3.8) is 0 Å². The fraction of sp³-hybridized carbons (Fsp3) is 0.455. The average molecular weight is 1040 g/mol. The van der Waals surface area contributed by atoms with Gasteiger partial charge in [0.2, 0.25) is 0 Å². The molecule has 12 rings (SSSR count). The number of rotatable bonds is 7. The summed E-state index contributed by atoms with van der Waals surface area (Å²) in [5, 5.41) is 0. The van der Waals surface area contributed by atoms with Crippen molar-refractivity contribution in [1.82, 2.24) is 0 Å². The van der Waals surface area contributed by atoms with Crippen molar-refractivity contribution in [2.75, 3.05) is 9.80 Å². The lowest BCUT2D eigenvalue weighted by atomic mass is 9.50. The van der Waals surface area contributed by atoms with Crippen molar-refractivity contribution >= 4 is 34.1 Å². The predicted octanol–water partition coefficient (Wildman–Crippen LogP) is 20.2. The highest BCUT2D eigenvalue weighted by Crippen LogP contribution is 2.67. The van der Waals surface area contributed by atoms with Crippen LogP contribution in [0.2, 0.25) is 0 Å². The molecule has 2 nitrogen and oxygen atoms in total. The molecule has 4 saturated carbocycles. The number of benzene rings is 6. The van der Waals surface area contributed by atoms with Gasteiger partial charge in [-0.15, -0.1) is 0 Å². The van der Waals surface area contributed by atoms with Crippen molar-refractivity contribution < 1.29 is 35.1 Å². The van der Waals surface area contributed by atoms with Crippen LogP contribution in [-0.2, 0) is 10.8 Å². The van der Waals surface area contributed by atoms with Crippen molar-refractivity contribution in [3.05, 3.63) is 164 Å². The number of nitrogens with zero attached hydrogens (tertiary/aromatic N) is 2. The molecule has 0 atom stereocenters. The van der Waals surface area contributed by atoms with Crippen LogP contribution >= 0.6 is 0 Å². The Labute approximate surface area is 442 Å². The lowest BCUT2D eigenvalue weighted by Crippen LogP contribution is -2.49. The van der Waals surface area contributed by atoms with E-state index in [0.29, 0.717) is 22.7 Å². The molecular weight excluding hydrogens is 973 g/mol. The average Bonchev–Trinajstić information content (AvgIpc) is 3.56. The number of aryl methyl sites for hydroxylation is 4. The van der Waals surface area contributed by atoms with E-state index < -0.39 is 79.9 Å². The summed E-state index contributed by atoms with van der Waals surface area (Å²) in [5.41, 5.74) is 1.21. The molecule has 6 aliphatic rings. The minimum absolute atomic E-state index is 0.173. The van der Waals surface area contributed by atoms with Crippen molar-refractivity contribution in [3.8, 4) is 11.1 Å². The van der Waals surface area contributed by atoms with Gasteiger partial charge in [-0.2, -0.15) is 0 Å². The minimum Gasteiger partial charge on any atom is -0.304 e. The van der Waals surface area contributed by atoms with Gasteiger partial charge in [0.1, 0.15) is 11.4 Å². The molecule has 6 aromatic carbocycles. The Bertz CT molecular complexity index is 2840. The molecule has 0 radical (unpaired) electrons. The Hall–Kier alpha value is -5.64. The third kappa shape index (κ3) is 7.28. The first-order valence-electron chi connectivity index (χ1n) is 28.5. The standard InChI is InChI=1S/C66H68F8N2/c1-37-21-17-33-45-51(37)65(41-25-9-5-10-26-41,42-27-11-6-12-28-42)52-38(2)22-18-34-46(52)75(45)63-59(71)55(67)49(56(68)60(63)72)50-57(69)61(73)64(62(74)58(50)70)76-47-35-19-23-39(3)53(47)66(43-29-13-7-14-30-43,44-31-15-8-16-32-44)54-40(4)24-20-36-48(54)76/h17-24,33-36,41-44H,5-16,25-32H2,1-4H3. The van der Waals surface area contributed by atoms with Gasteiger partial charge in [0.15, 0.2) is 46.5 Å². The van der Waals surface area contributed by atoms with Gasteiger partial charge in [0, 0.05) is 10.8 Å². The zero-order valence-electron chi connectivity index (χ0n) is 44.3. The molecule has 2 heterocycles. The first-order chi connectivity index (χ1) is 36.8. The fourth-order valence-corrected chi connectivity index (χ4v) is 17.1. The quantitative estimate of drug-likeness (QED) is 0.116. The monoisotopic (exact) mass is 1040 g/mol. The molecule has 0 amide bonds. The van der Waals surface area contributed by atoms with Crippen LogP contribution < -0.4 is 9.80 Å². The van der Waals surface area contributed by atoms with Crippen LogP contribution in [0.15, 0.2) is 72.8 Å². The van der Waals surface area contributed by atoms with E-state index in [1.54, 1.807) is 48.5 Å². The van der Waals surface area contributed by atoms with Crippen LogP contribution in [0.3, 0.4) is 0 Å². The second-order valence-corrected chi connectivity index (χ2v) is 23.6. The number of halogens is 8. The van der Waals surface area contributed by atoms with E-state index in [0.717, 1.165) is 173 Å². The van der Waals surface area contributed by atoms with Crippen molar-refractivity contribution in [1.29, 1.82) is 0 Å². The summed E-state index contributed by atoms with van der Waals surface area (Å²) in [6, 6.07) is 21.9. The normalized spacial score (nSPS) is 20.1. The SMILES string of the molecule is Cc1cccc2c1C(C1CCCCC1)(C1CCCCC1)c1c(C)cccc1N2c1c(F)c(F)c(-c2c(F)c(F)c(N3c4cccc(C)c4C(C4CCCCC4)(C4CCCCC4)c4c(C)cccc43)c(F)c2F)c(F)c1F. The smallest absolute Gasteiger partial charge is 0.186 e. The summed E-state index contributed by atoms with van der Waals surface area (Å²) in [7, 11) is 0. The number of fused-ring (bicyclic) bond motifs is 4. The highest BCUT2D eigenvalue weighted by atomic mass is 19.2. The largest absolute Gasteiger partial charge is 0.304 e. The molecular formula is C66H68F8N2. The molecule has 0 bridgehead atoms. The topological polar surface area (TPSA) is 6.48 Å². The summed E-state index contributed by atoms with van der Waals surface area (Å²) in [6.07, 6.45) is 20.2. The summed E-state index contributed by atoms with van der Waals surface area (Å²) < 4.78 is 140. The van der Waals surface area contributed by atoms with Gasteiger partial charge in [0.25, 0.3) is 0 Å². The third-order valence-corrected chi connectivity index (χ3v) is 19.8. The maximum atomic E-state index is 17.6. The van der Waals surface area contributed by atoms with E-state index in [1.807, 2.05) is 52.0 Å². The summed E-state index contributed by atoms with van der Waals surface area (Å²) in [5.74, 6) is -15.8. The van der Waals surface area contributed by atoms with Crippen LogP contribution in [0.1, 0.15) is 173 Å². The maximum absolute atomic E-state index is 17.6. The lowest BCUT2D eigenvalue weighted by molar-refractivity contribution is 0.132. The van der Waals surface area contributed by atoms with Crippen LogP contribution in [0.5, 0.6) is 0 Å². The molecule has 4 aliphatic carbocycles. The lowest BCUT2D eigenvalue weighted by Gasteiger charge is -2.56. The molecule has 0 spiro atoms. The molecule has 10 heteroatoms. The van der Waals surface area contributed by atoms with Gasteiger partial charge in [-0.05, 0) is 172 Å². The Morgan fingerprint density at radius 1 is 0.303 bits per heavy atom. The molecule has 6 aromatic rings. The number of hydrogen-bond donors (Lipinski definition) is 0. The Kier molecular flexibility index (Phi) is 13.2. The summed E-state index contributed by atoms with van der Waals surface area (Å²) >= 11 is 0. The molecule has 0 aromatic heterocycles. The first-order valence-corrected chi connectivity index (χ1v) is 28.5. The van der Waals surface area contributed by atoms with Crippen LogP contribution in [-0.4, -0.2) is 0 Å². The highest BCUT2D eigenvalue weighted by Gasteiger charge is 2.57. The fourth-order valence-electron chi connectivity index (χ4n) is 17.1. The Morgan fingerprint density at radius 2 is 0.513 bits per heavy atom. The van der Waals surface area contributed by atoms with E-state index in [2.05, 4.69) is 0 Å². The van der Waals surface area contributed by atoms with E-state index in [9.17, 15) is 0 Å². The molecule has 0 unspecified atom stereocenters. The first kappa shape index (κ1) is 51.1. The molecule has 398 valence electrons. The van der Waals surface area contributed by atoms with E-state index >= 15 is 35.1 Å². The van der Waals surface area contributed by atoms with Gasteiger partial charge < -0.3 is 9.80 Å². The maximum Gasteiger partial charge on any atom is 0.186 e. The predicted molar refractivity (Wildman–Crippen MR) is 288 cm³/mol. The van der Waals surface area contributed by atoms with E-state index in [4.69, 9.17) is 0 Å². The molecule has 2 aliphatic heterocycles. The van der Waals surface area contributed by atoms with Crippen LogP contribution in [0, 0.1) is 97.9 Å². The zero-order valence-corrected chi connectivity index (χ0v) is 44.3. The highest BCUT2D eigenvalue weighted by molar-refractivity contribution is 5.91. The number of hydrogen-bond acceptors (Lipinski definition) is 2. The van der Waals surface area contributed by atoms with Gasteiger partial charge in [-0.3, -0.25) is 0 Å². The van der Waals surface area contributed by atoms with E-state index in [-0.39, 0.29) is 23.7 Å². The van der Waals surface area contributed by atoms with Gasteiger partial charge in [-0.25, -0.2) is 35.1 Å². The molecule has 0 saturated heterocycles. The van der Waals surface area contributed by atoms with Gasteiger partial charge in [0.05, 0.1) is 33.9 Å². The van der Waals surface area contributed by atoms with Crippen molar-refractivity contribution in [2.24, 2.45) is 23.7 Å². The van der Waals surface area contributed by atoms with Gasteiger partial charge in [-0.1, -0.05) is 126 Å². The Balaban J connectivity index is 1.05. The zero-order chi connectivity index (χ0) is 52.9. The summed E-state index contributed by atoms with van der Waals surface area (Å²) in [4.78, 5) is 2.45. The molecule has 4 fully saturated rings. The van der Waals surface area contributed by atoms with Crippen LogP contribution in [0.25, 0.3) is 11.1 Å². The molecule has 0 N–H and O–H groups in total. The third-order valence-electron chi connectivity index (χ3n) is 19.8. The van der Waals surface area contributed by atoms with E-state index in [1.165, 1.54) is 9.80 Å². The second kappa shape index (κ2) is 19.7. The second-order valence-electron chi connectivity index (χ2n) is 23.6.